The van der Waals surface area contributed by atoms with Crippen LogP contribution in [0.4, 0.5) is 15.9 Å². The van der Waals surface area contributed by atoms with Crippen LogP contribution in [0.15, 0.2) is 30.5 Å². The van der Waals surface area contributed by atoms with Gasteiger partial charge in [0.1, 0.15) is 11.6 Å². The van der Waals surface area contributed by atoms with Gasteiger partial charge in [0.2, 0.25) is 0 Å². The molecule has 2 aliphatic rings. The lowest BCUT2D eigenvalue weighted by molar-refractivity contribution is 0.161. The van der Waals surface area contributed by atoms with E-state index in [0.29, 0.717) is 34.8 Å². The van der Waals surface area contributed by atoms with E-state index in [1.54, 1.807) is 19.4 Å². The number of methoxy groups -OCH3 is 1. The quantitative estimate of drug-likeness (QED) is 0.424. The monoisotopic (exact) mass is 460 g/mol. The number of rotatable bonds is 10. The normalized spacial score (nSPS) is 21.9. The molecule has 2 fully saturated rings. The standard InChI is InChI=1S/C25H34ClFN4O/c1-16(15-32-2)30-19-6-8-20(9-7-19)31-25-12-21(22(26)14-29-25)18-5-10-23(27)24(11-18)28-13-17-3-4-17/h5,10-12,14,16-17,19-20,28,30H,3-4,6-9,13,15H2,1-2H3,(H,29,31)/t16-,19?,20?/m1/s1. The van der Waals surface area contributed by atoms with E-state index in [-0.39, 0.29) is 5.82 Å². The number of nitrogens with zero attached hydrogens (tertiary/aromatic N) is 1. The average molecular weight is 461 g/mol. The van der Waals surface area contributed by atoms with E-state index in [9.17, 15) is 4.39 Å². The number of hydrogen-bond donors (Lipinski definition) is 3. The third-order valence-electron chi connectivity index (χ3n) is 6.43. The van der Waals surface area contributed by atoms with Crippen LogP contribution in [0.2, 0.25) is 5.02 Å². The van der Waals surface area contributed by atoms with E-state index in [4.69, 9.17) is 16.3 Å². The summed E-state index contributed by atoms with van der Waals surface area (Å²) in [6.07, 6.45) is 8.55. The lowest BCUT2D eigenvalue weighted by Gasteiger charge is -2.32. The molecule has 2 aliphatic carbocycles. The Kier molecular flexibility index (Phi) is 7.87. The van der Waals surface area contributed by atoms with Crippen molar-refractivity contribution in [3.05, 3.63) is 41.3 Å². The van der Waals surface area contributed by atoms with Crippen LogP contribution in [0.1, 0.15) is 45.4 Å². The molecule has 0 saturated heterocycles. The molecular formula is C25H34ClFN4O. The molecule has 2 saturated carbocycles. The topological polar surface area (TPSA) is 58.2 Å². The zero-order valence-corrected chi connectivity index (χ0v) is 19.7. The number of anilines is 2. The van der Waals surface area contributed by atoms with Gasteiger partial charge in [0, 0.05) is 43.5 Å². The fourth-order valence-corrected chi connectivity index (χ4v) is 4.67. The highest BCUT2D eigenvalue weighted by atomic mass is 35.5. The van der Waals surface area contributed by atoms with Crippen LogP contribution in [0.3, 0.4) is 0 Å². The Hall–Kier alpha value is -1.89. The highest BCUT2D eigenvalue weighted by Crippen LogP contribution is 2.34. The number of pyridine rings is 1. The van der Waals surface area contributed by atoms with E-state index in [1.165, 1.54) is 18.9 Å². The van der Waals surface area contributed by atoms with Crippen molar-refractivity contribution in [1.82, 2.24) is 10.3 Å². The van der Waals surface area contributed by atoms with Crippen molar-refractivity contribution in [2.75, 3.05) is 30.9 Å². The minimum atomic E-state index is -0.233. The van der Waals surface area contributed by atoms with Gasteiger partial charge in [-0.1, -0.05) is 17.7 Å². The van der Waals surface area contributed by atoms with Crippen molar-refractivity contribution < 1.29 is 9.13 Å². The lowest BCUT2D eigenvalue weighted by atomic mass is 9.90. The maximum atomic E-state index is 14.3. The summed E-state index contributed by atoms with van der Waals surface area (Å²) in [6, 6.07) is 8.40. The first-order valence-electron chi connectivity index (χ1n) is 11.7. The van der Waals surface area contributed by atoms with Crippen LogP contribution in [-0.4, -0.2) is 43.4 Å². The van der Waals surface area contributed by atoms with Crippen molar-refractivity contribution in [3.8, 4) is 11.1 Å². The molecule has 0 radical (unpaired) electrons. The Labute approximate surface area is 195 Å². The minimum Gasteiger partial charge on any atom is -0.383 e. The van der Waals surface area contributed by atoms with Crippen LogP contribution >= 0.6 is 11.6 Å². The molecule has 7 heteroatoms. The molecule has 0 unspecified atom stereocenters. The van der Waals surface area contributed by atoms with Gasteiger partial charge in [-0.05, 0) is 75.1 Å². The first-order chi connectivity index (χ1) is 15.5. The van der Waals surface area contributed by atoms with Gasteiger partial charge in [0.05, 0.1) is 17.3 Å². The molecule has 0 spiro atoms. The molecule has 174 valence electrons. The number of ether oxygens (including phenoxy) is 1. The SMILES string of the molecule is COC[C@@H](C)NC1CCC(Nc2cc(-c3ccc(F)c(NCC4CC4)c3)c(Cl)cn2)CC1. The summed E-state index contributed by atoms with van der Waals surface area (Å²) < 4.78 is 19.5. The molecular weight excluding hydrogens is 427 g/mol. The Morgan fingerprint density at radius 1 is 1.12 bits per heavy atom. The molecule has 5 nitrogen and oxygen atoms in total. The molecule has 1 heterocycles. The Bertz CT molecular complexity index is 900. The second kappa shape index (κ2) is 10.8. The van der Waals surface area contributed by atoms with E-state index >= 15 is 0 Å². The average Bonchev–Trinajstić information content (AvgIpc) is 3.61. The third kappa shape index (κ3) is 6.33. The van der Waals surface area contributed by atoms with Gasteiger partial charge in [-0.2, -0.15) is 0 Å². The van der Waals surface area contributed by atoms with Crippen LogP contribution in [-0.2, 0) is 4.74 Å². The van der Waals surface area contributed by atoms with Gasteiger partial charge in [0.25, 0.3) is 0 Å². The van der Waals surface area contributed by atoms with Crippen LogP contribution in [0, 0.1) is 11.7 Å². The molecule has 0 aliphatic heterocycles. The van der Waals surface area contributed by atoms with Crippen LogP contribution in [0.25, 0.3) is 11.1 Å². The second-order valence-electron chi connectivity index (χ2n) is 9.28. The molecule has 1 atom stereocenters. The highest BCUT2D eigenvalue weighted by Gasteiger charge is 2.23. The lowest BCUT2D eigenvalue weighted by Crippen LogP contribution is -2.42. The summed E-state index contributed by atoms with van der Waals surface area (Å²) >= 11 is 6.47. The van der Waals surface area contributed by atoms with E-state index < -0.39 is 0 Å². The predicted molar refractivity (Wildman–Crippen MR) is 130 cm³/mol. The molecule has 4 rings (SSSR count). The van der Waals surface area contributed by atoms with Gasteiger partial charge in [0.15, 0.2) is 0 Å². The van der Waals surface area contributed by atoms with Crippen LogP contribution in [0.5, 0.6) is 0 Å². The maximum Gasteiger partial charge on any atom is 0.146 e. The number of halogens is 2. The van der Waals surface area contributed by atoms with Crippen molar-refractivity contribution >= 4 is 23.1 Å². The molecule has 1 aromatic heterocycles. The van der Waals surface area contributed by atoms with Crippen molar-refractivity contribution in [2.24, 2.45) is 5.92 Å². The molecule has 2 aromatic rings. The zero-order valence-electron chi connectivity index (χ0n) is 19.0. The van der Waals surface area contributed by atoms with Crippen LogP contribution < -0.4 is 16.0 Å². The zero-order chi connectivity index (χ0) is 22.5. The first-order valence-corrected chi connectivity index (χ1v) is 12.1. The van der Waals surface area contributed by atoms with E-state index in [1.807, 2.05) is 12.1 Å². The van der Waals surface area contributed by atoms with Gasteiger partial charge < -0.3 is 20.7 Å². The van der Waals surface area contributed by atoms with Gasteiger partial charge >= 0.3 is 0 Å². The summed E-state index contributed by atoms with van der Waals surface area (Å²) in [5.74, 6) is 1.25. The van der Waals surface area contributed by atoms with Gasteiger partial charge in [-0.15, -0.1) is 0 Å². The minimum absolute atomic E-state index is 0.233. The number of hydrogen-bond acceptors (Lipinski definition) is 5. The molecule has 0 bridgehead atoms. The Morgan fingerprint density at radius 2 is 1.88 bits per heavy atom. The summed E-state index contributed by atoms with van der Waals surface area (Å²) in [5.41, 5.74) is 2.29. The second-order valence-corrected chi connectivity index (χ2v) is 9.69. The number of nitrogens with one attached hydrogen (secondary N) is 3. The van der Waals surface area contributed by atoms with Crippen molar-refractivity contribution in [1.29, 1.82) is 0 Å². The summed E-state index contributed by atoms with van der Waals surface area (Å²) in [7, 11) is 1.74. The largest absolute Gasteiger partial charge is 0.383 e. The number of aromatic nitrogens is 1. The van der Waals surface area contributed by atoms with Crippen molar-refractivity contribution in [3.63, 3.8) is 0 Å². The van der Waals surface area contributed by atoms with Crippen molar-refractivity contribution in [2.45, 2.75) is 63.6 Å². The summed E-state index contributed by atoms with van der Waals surface area (Å²) in [6.45, 7) is 3.71. The van der Waals surface area contributed by atoms with E-state index in [0.717, 1.165) is 55.8 Å². The van der Waals surface area contributed by atoms with Gasteiger partial charge in [-0.3, -0.25) is 0 Å². The highest BCUT2D eigenvalue weighted by molar-refractivity contribution is 6.33. The fraction of sp³-hybridized carbons (Fsp3) is 0.560. The third-order valence-corrected chi connectivity index (χ3v) is 6.73. The maximum absolute atomic E-state index is 14.3. The predicted octanol–water partition coefficient (Wildman–Crippen LogP) is 5.71. The number of benzene rings is 1. The molecule has 0 amide bonds. The Morgan fingerprint density at radius 3 is 2.59 bits per heavy atom. The van der Waals surface area contributed by atoms with E-state index in [2.05, 4.69) is 27.9 Å². The smallest absolute Gasteiger partial charge is 0.146 e. The summed E-state index contributed by atoms with van der Waals surface area (Å²) in [4.78, 5) is 4.49. The van der Waals surface area contributed by atoms with Gasteiger partial charge in [-0.25, -0.2) is 9.37 Å². The fourth-order valence-electron chi connectivity index (χ4n) is 4.46. The molecule has 3 N–H and O–H groups in total. The first kappa shape index (κ1) is 23.3. The summed E-state index contributed by atoms with van der Waals surface area (Å²) in [5, 5.41) is 11.0. The Balaban J connectivity index is 1.38. The molecule has 32 heavy (non-hydrogen) atoms. The molecule has 1 aromatic carbocycles.